The minimum absolute atomic E-state index is 0.427. The van der Waals surface area contributed by atoms with Gasteiger partial charge in [0, 0.05) is 17.5 Å². The quantitative estimate of drug-likeness (QED) is 0.870. The van der Waals surface area contributed by atoms with Gasteiger partial charge in [-0.05, 0) is 36.5 Å². The Morgan fingerprint density at radius 2 is 2.19 bits per heavy atom. The molecule has 0 radical (unpaired) electrons. The summed E-state index contributed by atoms with van der Waals surface area (Å²) < 4.78 is 0. The third kappa shape index (κ3) is 3.23. The second-order valence-electron chi connectivity index (χ2n) is 3.84. The monoisotopic (exact) mass is 257 g/mol. The van der Waals surface area contributed by atoms with Crippen molar-refractivity contribution in [1.29, 1.82) is 0 Å². The number of carboxylic acid groups (broad SMARTS) is 1. The van der Waals surface area contributed by atoms with Gasteiger partial charge in [-0.1, -0.05) is 0 Å². The molecule has 0 atom stereocenters. The van der Waals surface area contributed by atoms with E-state index < -0.39 is 5.97 Å². The molecule has 1 aromatic heterocycles. The van der Waals surface area contributed by atoms with Crippen molar-refractivity contribution in [2.75, 3.05) is 11.5 Å². The molecule has 0 unspecified atom stereocenters. The van der Waals surface area contributed by atoms with Crippen molar-refractivity contribution in [3.63, 3.8) is 0 Å². The van der Waals surface area contributed by atoms with Crippen molar-refractivity contribution < 1.29 is 9.90 Å². The Bertz CT molecular complexity index is 359. The molecule has 0 bridgehead atoms. The van der Waals surface area contributed by atoms with Gasteiger partial charge in [-0.15, -0.1) is 11.3 Å². The Morgan fingerprint density at radius 1 is 1.44 bits per heavy atom. The zero-order valence-electron chi connectivity index (χ0n) is 8.94. The maximum atomic E-state index is 10.7. The summed E-state index contributed by atoms with van der Waals surface area (Å²) in [5, 5.41) is 12.3. The Labute approximate surface area is 103 Å². The van der Waals surface area contributed by atoms with Crippen molar-refractivity contribution >= 4 is 29.1 Å². The molecule has 1 aromatic rings. The van der Waals surface area contributed by atoms with E-state index in [-0.39, 0.29) is 0 Å². The third-order valence-corrected chi connectivity index (χ3v) is 4.78. The lowest BCUT2D eigenvalue weighted by atomic mass is 10.1. The number of hydrogen-bond acceptors (Lipinski definition) is 4. The average molecular weight is 257 g/mol. The van der Waals surface area contributed by atoms with Crippen LogP contribution in [0.5, 0.6) is 0 Å². The average Bonchev–Trinajstić information content (AvgIpc) is 2.76. The van der Waals surface area contributed by atoms with E-state index in [9.17, 15) is 4.79 Å². The van der Waals surface area contributed by atoms with E-state index in [2.05, 4.69) is 5.32 Å². The van der Waals surface area contributed by atoms with Gasteiger partial charge in [0.1, 0.15) is 4.88 Å². The minimum atomic E-state index is -0.828. The van der Waals surface area contributed by atoms with Crippen molar-refractivity contribution in [3.8, 4) is 0 Å². The molecule has 1 saturated heterocycles. The summed E-state index contributed by atoms with van der Waals surface area (Å²) in [7, 11) is 0. The molecule has 2 N–H and O–H groups in total. The molecule has 0 aliphatic carbocycles. The summed E-state index contributed by atoms with van der Waals surface area (Å²) in [4.78, 5) is 12.2. The van der Waals surface area contributed by atoms with Crippen LogP contribution in [0.2, 0.25) is 0 Å². The predicted octanol–water partition coefficient (Wildman–Crippen LogP) is 2.43. The van der Waals surface area contributed by atoms with Crippen LogP contribution in [0.25, 0.3) is 0 Å². The second kappa shape index (κ2) is 5.70. The number of thioether (sulfide) groups is 1. The number of nitrogens with one attached hydrogen (secondary N) is 1. The first kappa shape index (κ1) is 12.0. The van der Waals surface area contributed by atoms with Gasteiger partial charge in [0.25, 0.3) is 0 Å². The maximum absolute atomic E-state index is 10.7. The Morgan fingerprint density at radius 3 is 2.81 bits per heavy atom. The summed E-state index contributed by atoms with van der Waals surface area (Å²) in [6, 6.07) is 4.19. The highest BCUT2D eigenvalue weighted by molar-refractivity contribution is 7.99. The zero-order valence-corrected chi connectivity index (χ0v) is 10.6. The molecule has 1 aliphatic rings. The number of carbonyl (C=O) groups is 1. The van der Waals surface area contributed by atoms with E-state index in [1.54, 1.807) is 6.07 Å². The molecule has 0 amide bonds. The first-order chi connectivity index (χ1) is 7.75. The van der Waals surface area contributed by atoms with Gasteiger partial charge in [0.05, 0.1) is 0 Å². The molecule has 0 spiro atoms. The summed E-state index contributed by atoms with van der Waals surface area (Å²) in [6.45, 7) is 0.799. The normalized spacial score (nSPS) is 17.5. The lowest BCUT2D eigenvalue weighted by molar-refractivity contribution is 0.0702. The molecular weight excluding hydrogens is 242 g/mol. The predicted molar refractivity (Wildman–Crippen MR) is 68.5 cm³/mol. The second-order valence-corrected chi connectivity index (χ2v) is 6.23. The molecule has 0 aromatic carbocycles. The van der Waals surface area contributed by atoms with E-state index in [4.69, 9.17) is 5.11 Å². The Hall–Kier alpha value is -0.520. The van der Waals surface area contributed by atoms with Gasteiger partial charge < -0.3 is 10.4 Å². The van der Waals surface area contributed by atoms with E-state index >= 15 is 0 Å². The van der Waals surface area contributed by atoms with Crippen LogP contribution in [0.15, 0.2) is 12.1 Å². The van der Waals surface area contributed by atoms with Crippen LogP contribution < -0.4 is 5.32 Å². The largest absolute Gasteiger partial charge is 0.477 e. The summed E-state index contributed by atoms with van der Waals surface area (Å²) in [5.74, 6) is 1.65. The van der Waals surface area contributed by atoms with Crippen LogP contribution in [0.3, 0.4) is 0 Å². The minimum Gasteiger partial charge on any atom is -0.477 e. The van der Waals surface area contributed by atoms with E-state index in [0.717, 1.165) is 11.4 Å². The van der Waals surface area contributed by atoms with Crippen LogP contribution in [0.4, 0.5) is 0 Å². The molecule has 5 heteroatoms. The van der Waals surface area contributed by atoms with Gasteiger partial charge >= 0.3 is 5.97 Å². The van der Waals surface area contributed by atoms with Gasteiger partial charge in [-0.25, -0.2) is 4.79 Å². The molecule has 3 nitrogen and oxygen atoms in total. The molecule has 88 valence electrons. The smallest absolute Gasteiger partial charge is 0.345 e. The lowest BCUT2D eigenvalue weighted by Gasteiger charge is -2.22. The highest BCUT2D eigenvalue weighted by Crippen LogP contribution is 2.19. The fraction of sp³-hybridized carbons (Fsp3) is 0.545. The number of aromatic carboxylic acids is 1. The van der Waals surface area contributed by atoms with Crippen molar-refractivity contribution in [2.45, 2.75) is 25.4 Å². The molecule has 1 aliphatic heterocycles. The highest BCUT2D eigenvalue weighted by atomic mass is 32.2. The Balaban J connectivity index is 1.81. The first-order valence-corrected chi connectivity index (χ1v) is 7.36. The fourth-order valence-corrected chi connectivity index (χ4v) is 3.64. The Kier molecular flexibility index (Phi) is 4.26. The number of thiophene rings is 1. The molecule has 2 rings (SSSR count). The van der Waals surface area contributed by atoms with Crippen LogP contribution in [-0.2, 0) is 6.54 Å². The van der Waals surface area contributed by atoms with Gasteiger partial charge in [0.15, 0.2) is 0 Å². The van der Waals surface area contributed by atoms with Crippen molar-refractivity contribution in [1.82, 2.24) is 5.32 Å². The highest BCUT2D eigenvalue weighted by Gasteiger charge is 2.13. The standard InChI is InChI=1S/C11H15NO2S2/c13-11(14)10-2-1-9(16-10)7-12-8-3-5-15-6-4-8/h1-2,8,12H,3-7H2,(H,13,14). The maximum Gasteiger partial charge on any atom is 0.345 e. The number of hydrogen-bond donors (Lipinski definition) is 2. The van der Waals surface area contributed by atoms with Crippen LogP contribution in [0.1, 0.15) is 27.4 Å². The lowest BCUT2D eigenvalue weighted by Crippen LogP contribution is -2.31. The van der Waals surface area contributed by atoms with E-state index in [0.29, 0.717) is 10.9 Å². The topological polar surface area (TPSA) is 49.3 Å². The third-order valence-electron chi connectivity index (χ3n) is 2.66. The fourth-order valence-electron chi connectivity index (χ4n) is 1.73. The zero-order chi connectivity index (χ0) is 11.4. The van der Waals surface area contributed by atoms with Crippen LogP contribution in [0, 0.1) is 0 Å². The van der Waals surface area contributed by atoms with Crippen molar-refractivity contribution in [3.05, 3.63) is 21.9 Å². The SMILES string of the molecule is O=C(O)c1ccc(CNC2CCSCC2)s1. The summed E-state index contributed by atoms with van der Waals surface area (Å²) in [5.41, 5.74) is 0. The molecule has 2 heterocycles. The van der Waals surface area contributed by atoms with Crippen molar-refractivity contribution in [2.24, 2.45) is 0 Å². The van der Waals surface area contributed by atoms with Crippen LogP contribution in [-0.4, -0.2) is 28.6 Å². The summed E-state index contributed by atoms with van der Waals surface area (Å²) >= 11 is 3.38. The number of carboxylic acids is 1. The van der Waals surface area contributed by atoms with Gasteiger partial charge in [-0.2, -0.15) is 11.8 Å². The summed E-state index contributed by atoms with van der Waals surface area (Å²) in [6.07, 6.45) is 2.45. The van der Waals surface area contributed by atoms with E-state index in [1.807, 2.05) is 17.8 Å². The van der Waals surface area contributed by atoms with Gasteiger partial charge in [-0.3, -0.25) is 0 Å². The first-order valence-electron chi connectivity index (χ1n) is 5.39. The molecule has 1 fully saturated rings. The van der Waals surface area contributed by atoms with Crippen LogP contribution >= 0.6 is 23.1 Å². The molecule has 0 saturated carbocycles. The van der Waals surface area contributed by atoms with Gasteiger partial charge in [0.2, 0.25) is 0 Å². The van der Waals surface area contributed by atoms with E-state index in [1.165, 1.54) is 35.7 Å². The molecule has 16 heavy (non-hydrogen) atoms. The molecular formula is C11H15NO2S2. The number of rotatable bonds is 4.